The molecule has 0 saturated carbocycles. The SMILES string of the molecule is CCN(C)CCN1CCCc2cc(N)ccc21. The first-order chi connectivity index (χ1) is 8.20. The second-order valence-corrected chi connectivity index (χ2v) is 4.87. The molecule has 1 heterocycles. The van der Waals surface area contributed by atoms with Crippen molar-refractivity contribution in [2.24, 2.45) is 0 Å². The Morgan fingerprint density at radius 3 is 3.00 bits per heavy atom. The maximum absolute atomic E-state index is 5.84. The van der Waals surface area contributed by atoms with E-state index in [2.05, 4.69) is 35.9 Å². The molecule has 0 radical (unpaired) electrons. The number of nitrogens with zero attached hydrogens (tertiary/aromatic N) is 2. The van der Waals surface area contributed by atoms with Crippen molar-refractivity contribution < 1.29 is 0 Å². The average Bonchev–Trinajstić information content (AvgIpc) is 2.35. The zero-order chi connectivity index (χ0) is 12.3. The van der Waals surface area contributed by atoms with Crippen molar-refractivity contribution in [2.75, 3.05) is 43.9 Å². The fourth-order valence-corrected chi connectivity index (χ4v) is 2.38. The van der Waals surface area contributed by atoms with E-state index in [9.17, 15) is 0 Å². The van der Waals surface area contributed by atoms with E-state index in [1.807, 2.05) is 6.07 Å². The van der Waals surface area contributed by atoms with Crippen molar-refractivity contribution in [3.63, 3.8) is 0 Å². The summed E-state index contributed by atoms with van der Waals surface area (Å²) in [4.78, 5) is 4.84. The summed E-state index contributed by atoms with van der Waals surface area (Å²) < 4.78 is 0. The molecule has 0 fully saturated rings. The third-order valence-corrected chi connectivity index (χ3v) is 3.61. The Kier molecular flexibility index (Phi) is 3.89. The molecule has 3 heteroatoms. The van der Waals surface area contributed by atoms with Crippen molar-refractivity contribution >= 4 is 11.4 Å². The van der Waals surface area contributed by atoms with Gasteiger partial charge in [0.05, 0.1) is 0 Å². The van der Waals surface area contributed by atoms with Gasteiger partial charge in [-0.15, -0.1) is 0 Å². The molecule has 1 aromatic rings. The van der Waals surface area contributed by atoms with Crippen LogP contribution >= 0.6 is 0 Å². The Labute approximate surface area is 104 Å². The van der Waals surface area contributed by atoms with Crippen molar-refractivity contribution in [1.29, 1.82) is 0 Å². The van der Waals surface area contributed by atoms with Gasteiger partial charge in [-0.25, -0.2) is 0 Å². The lowest BCUT2D eigenvalue weighted by Gasteiger charge is -2.32. The normalized spacial score (nSPS) is 15.1. The van der Waals surface area contributed by atoms with Crippen LogP contribution in [0.2, 0.25) is 0 Å². The standard InChI is InChI=1S/C14H23N3/c1-3-16(2)9-10-17-8-4-5-12-11-13(15)6-7-14(12)17/h6-7,11H,3-5,8-10,15H2,1-2H3. The van der Waals surface area contributed by atoms with E-state index in [1.54, 1.807) is 0 Å². The fourth-order valence-electron chi connectivity index (χ4n) is 2.38. The minimum Gasteiger partial charge on any atom is -0.399 e. The summed E-state index contributed by atoms with van der Waals surface area (Å²) in [5, 5.41) is 0. The smallest absolute Gasteiger partial charge is 0.0400 e. The number of fused-ring (bicyclic) bond motifs is 1. The summed E-state index contributed by atoms with van der Waals surface area (Å²) in [6.45, 7) is 6.73. The van der Waals surface area contributed by atoms with Crippen LogP contribution in [0.1, 0.15) is 18.9 Å². The summed E-state index contributed by atoms with van der Waals surface area (Å²) >= 11 is 0. The second kappa shape index (κ2) is 5.41. The molecule has 1 aliphatic heterocycles. The Bertz CT molecular complexity index is 376. The van der Waals surface area contributed by atoms with E-state index in [0.29, 0.717) is 0 Å². The van der Waals surface area contributed by atoms with Crippen molar-refractivity contribution in [3.05, 3.63) is 23.8 Å². The van der Waals surface area contributed by atoms with Gasteiger partial charge in [-0.3, -0.25) is 0 Å². The third-order valence-electron chi connectivity index (χ3n) is 3.61. The van der Waals surface area contributed by atoms with Crippen molar-refractivity contribution in [1.82, 2.24) is 4.90 Å². The number of hydrogen-bond donors (Lipinski definition) is 1. The number of nitrogen functional groups attached to an aromatic ring is 1. The molecule has 0 spiro atoms. The lowest BCUT2D eigenvalue weighted by atomic mass is 10.0. The molecule has 3 nitrogen and oxygen atoms in total. The van der Waals surface area contributed by atoms with Crippen LogP contribution in [0.3, 0.4) is 0 Å². The van der Waals surface area contributed by atoms with Crippen LogP contribution in [0.4, 0.5) is 11.4 Å². The van der Waals surface area contributed by atoms with Crippen LogP contribution in [0.15, 0.2) is 18.2 Å². The maximum Gasteiger partial charge on any atom is 0.0400 e. The highest BCUT2D eigenvalue weighted by molar-refractivity contribution is 5.61. The van der Waals surface area contributed by atoms with Gasteiger partial charge in [0.15, 0.2) is 0 Å². The van der Waals surface area contributed by atoms with E-state index >= 15 is 0 Å². The molecule has 1 aliphatic rings. The molecule has 17 heavy (non-hydrogen) atoms. The highest BCUT2D eigenvalue weighted by Crippen LogP contribution is 2.28. The van der Waals surface area contributed by atoms with E-state index < -0.39 is 0 Å². The molecule has 2 N–H and O–H groups in total. The quantitative estimate of drug-likeness (QED) is 0.807. The van der Waals surface area contributed by atoms with Gasteiger partial charge >= 0.3 is 0 Å². The summed E-state index contributed by atoms with van der Waals surface area (Å²) in [7, 11) is 2.17. The predicted molar refractivity (Wildman–Crippen MR) is 74.6 cm³/mol. The highest BCUT2D eigenvalue weighted by atomic mass is 15.2. The minimum absolute atomic E-state index is 0.885. The van der Waals surface area contributed by atoms with Gasteiger partial charge in [0, 0.05) is 31.0 Å². The van der Waals surface area contributed by atoms with Gasteiger partial charge in [-0.1, -0.05) is 6.92 Å². The van der Waals surface area contributed by atoms with Gasteiger partial charge in [0.25, 0.3) is 0 Å². The van der Waals surface area contributed by atoms with Gasteiger partial charge in [-0.2, -0.15) is 0 Å². The van der Waals surface area contributed by atoms with Gasteiger partial charge in [0.2, 0.25) is 0 Å². The first-order valence-corrected chi connectivity index (χ1v) is 6.52. The maximum atomic E-state index is 5.84. The Morgan fingerprint density at radius 1 is 1.41 bits per heavy atom. The van der Waals surface area contributed by atoms with E-state index in [1.165, 1.54) is 30.6 Å². The van der Waals surface area contributed by atoms with Crippen LogP contribution in [0.5, 0.6) is 0 Å². The van der Waals surface area contributed by atoms with Crippen LogP contribution in [0.25, 0.3) is 0 Å². The number of benzene rings is 1. The van der Waals surface area contributed by atoms with E-state index in [-0.39, 0.29) is 0 Å². The largest absolute Gasteiger partial charge is 0.399 e. The number of anilines is 2. The summed E-state index contributed by atoms with van der Waals surface area (Å²) in [6.07, 6.45) is 2.41. The number of aryl methyl sites for hydroxylation is 1. The van der Waals surface area contributed by atoms with Crippen LogP contribution in [-0.2, 0) is 6.42 Å². The molecule has 0 atom stereocenters. The Morgan fingerprint density at radius 2 is 2.24 bits per heavy atom. The average molecular weight is 233 g/mol. The molecule has 0 aliphatic carbocycles. The number of nitrogens with two attached hydrogens (primary N) is 1. The minimum atomic E-state index is 0.885. The topological polar surface area (TPSA) is 32.5 Å². The molecule has 1 aromatic carbocycles. The van der Waals surface area contributed by atoms with Crippen LogP contribution < -0.4 is 10.6 Å². The van der Waals surface area contributed by atoms with Crippen LogP contribution in [-0.4, -0.2) is 38.1 Å². The zero-order valence-electron chi connectivity index (χ0n) is 10.9. The zero-order valence-corrected chi connectivity index (χ0v) is 10.9. The van der Waals surface area contributed by atoms with E-state index in [0.717, 1.165) is 25.3 Å². The molecule has 94 valence electrons. The molecule has 0 saturated heterocycles. The number of rotatable bonds is 4. The van der Waals surface area contributed by atoms with E-state index in [4.69, 9.17) is 5.73 Å². The van der Waals surface area contributed by atoms with Crippen molar-refractivity contribution in [3.8, 4) is 0 Å². The number of hydrogen-bond acceptors (Lipinski definition) is 3. The first-order valence-electron chi connectivity index (χ1n) is 6.52. The first kappa shape index (κ1) is 12.2. The molecule has 0 amide bonds. The highest BCUT2D eigenvalue weighted by Gasteiger charge is 2.16. The Hall–Kier alpha value is -1.22. The molecule has 0 bridgehead atoms. The fraction of sp³-hybridized carbons (Fsp3) is 0.571. The summed E-state index contributed by atoms with van der Waals surface area (Å²) in [5.74, 6) is 0. The number of likely N-dealkylation sites (N-methyl/N-ethyl adjacent to an activating group) is 1. The van der Waals surface area contributed by atoms with Crippen LogP contribution in [0, 0.1) is 0 Å². The third kappa shape index (κ3) is 2.91. The van der Waals surface area contributed by atoms with Gasteiger partial charge < -0.3 is 15.5 Å². The lowest BCUT2D eigenvalue weighted by Crippen LogP contribution is -2.36. The lowest BCUT2D eigenvalue weighted by molar-refractivity contribution is 0.357. The predicted octanol–water partition coefficient (Wildman–Crippen LogP) is 1.97. The second-order valence-electron chi connectivity index (χ2n) is 4.87. The van der Waals surface area contributed by atoms with Gasteiger partial charge in [-0.05, 0) is 50.2 Å². The molecule has 0 aromatic heterocycles. The van der Waals surface area contributed by atoms with Crippen molar-refractivity contribution in [2.45, 2.75) is 19.8 Å². The monoisotopic (exact) mass is 233 g/mol. The summed E-state index contributed by atoms with van der Waals surface area (Å²) in [5.41, 5.74) is 9.53. The summed E-state index contributed by atoms with van der Waals surface area (Å²) in [6, 6.07) is 6.32. The molecule has 2 rings (SSSR count). The molecule has 0 unspecified atom stereocenters. The Balaban J connectivity index is 2.06. The molecular formula is C14H23N3. The molecular weight excluding hydrogens is 210 g/mol. The van der Waals surface area contributed by atoms with Gasteiger partial charge in [0.1, 0.15) is 0 Å².